The predicted molar refractivity (Wildman–Crippen MR) is 158 cm³/mol. The van der Waals surface area contributed by atoms with Crippen LogP contribution in [-0.2, 0) is 23.8 Å². The van der Waals surface area contributed by atoms with E-state index in [0.29, 0.717) is 13.2 Å². The van der Waals surface area contributed by atoms with Crippen LogP contribution in [0.25, 0.3) is 0 Å². The summed E-state index contributed by atoms with van der Waals surface area (Å²) in [6.07, 6.45) is 9.66. The maximum Gasteiger partial charge on any atom is 0.508 e. The fourth-order valence-corrected chi connectivity index (χ4v) is 11.1. The highest BCUT2D eigenvalue weighted by atomic mass is 16.7. The Bertz CT molecular complexity index is 1140. The molecule has 0 saturated heterocycles. The highest BCUT2D eigenvalue weighted by Crippen LogP contribution is 2.75. The van der Waals surface area contributed by atoms with Crippen molar-refractivity contribution in [2.24, 2.45) is 50.2 Å². The summed E-state index contributed by atoms with van der Waals surface area (Å²) in [5, 5.41) is 0. The summed E-state index contributed by atoms with van der Waals surface area (Å²) < 4.78 is 16.6. The van der Waals surface area contributed by atoms with E-state index in [1.54, 1.807) is 6.92 Å². The lowest BCUT2D eigenvalue weighted by Gasteiger charge is -2.70. The van der Waals surface area contributed by atoms with Crippen LogP contribution in [0.1, 0.15) is 120 Å². The third-order valence-corrected chi connectivity index (χ3v) is 13.8. The Labute approximate surface area is 247 Å². The average Bonchev–Trinajstić information content (AvgIpc) is 2.88. The molecule has 0 spiro atoms. The lowest BCUT2D eigenvalue weighted by Crippen LogP contribution is -2.66. The lowest BCUT2D eigenvalue weighted by atomic mass is 9.33. The Kier molecular flexibility index (Phi) is 7.34. The van der Waals surface area contributed by atoms with Crippen molar-refractivity contribution in [3.63, 3.8) is 0 Å². The number of ketones is 1. The maximum atomic E-state index is 14.5. The van der Waals surface area contributed by atoms with E-state index in [1.165, 1.54) is 5.57 Å². The molecule has 4 saturated carbocycles. The number of ether oxygens (including phenoxy) is 3. The molecule has 0 heterocycles. The van der Waals surface area contributed by atoms with Gasteiger partial charge in [-0.25, -0.2) is 4.79 Å². The van der Waals surface area contributed by atoms with Crippen molar-refractivity contribution in [2.75, 3.05) is 13.2 Å². The molecule has 0 aromatic rings. The van der Waals surface area contributed by atoms with Gasteiger partial charge in [0.15, 0.2) is 5.78 Å². The number of fused-ring (bicyclic) bond motifs is 7. The first kappa shape index (κ1) is 30.6. The molecule has 0 aromatic heterocycles. The molecule has 6 heteroatoms. The van der Waals surface area contributed by atoms with E-state index in [1.807, 2.05) is 6.92 Å². The highest BCUT2D eigenvalue weighted by molar-refractivity contribution is 5.95. The molecule has 230 valence electrons. The zero-order chi connectivity index (χ0) is 30.2. The molecule has 0 aliphatic heterocycles. The summed E-state index contributed by atoms with van der Waals surface area (Å²) in [7, 11) is 0. The zero-order valence-corrected chi connectivity index (χ0v) is 27.1. The molecular formula is C35H54O6. The smallest absolute Gasteiger partial charge is 0.466 e. The van der Waals surface area contributed by atoms with Gasteiger partial charge in [0.2, 0.25) is 0 Å². The normalized spacial score (nSPS) is 46.6. The largest absolute Gasteiger partial charge is 0.508 e. The summed E-state index contributed by atoms with van der Waals surface area (Å²) in [6, 6.07) is 0. The minimum absolute atomic E-state index is 0.0743. The van der Waals surface area contributed by atoms with Gasteiger partial charge in [-0.15, -0.1) is 0 Å². The first-order chi connectivity index (χ1) is 19.0. The fourth-order valence-electron chi connectivity index (χ4n) is 11.1. The van der Waals surface area contributed by atoms with Gasteiger partial charge in [-0.2, -0.15) is 0 Å². The van der Waals surface area contributed by atoms with E-state index in [0.717, 1.165) is 57.8 Å². The number of rotatable bonds is 4. The van der Waals surface area contributed by atoms with Gasteiger partial charge < -0.3 is 14.2 Å². The Morgan fingerprint density at radius 3 is 2.17 bits per heavy atom. The molecule has 5 aliphatic carbocycles. The highest BCUT2D eigenvalue weighted by Gasteiger charge is 2.70. The van der Waals surface area contributed by atoms with E-state index in [-0.39, 0.29) is 62.7 Å². The van der Waals surface area contributed by atoms with Crippen LogP contribution in [0, 0.1) is 50.2 Å². The number of carbonyl (C=O) groups is 3. The fraction of sp³-hybridized carbons (Fsp3) is 0.857. The Balaban J connectivity index is 1.52. The van der Waals surface area contributed by atoms with E-state index >= 15 is 0 Å². The zero-order valence-electron chi connectivity index (χ0n) is 27.1. The van der Waals surface area contributed by atoms with Gasteiger partial charge >= 0.3 is 12.1 Å². The molecule has 5 rings (SSSR count). The average molecular weight is 571 g/mol. The summed E-state index contributed by atoms with van der Waals surface area (Å²) in [5.74, 6) is 0.592. The second-order valence-corrected chi connectivity index (χ2v) is 16.1. The topological polar surface area (TPSA) is 78.9 Å². The summed E-state index contributed by atoms with van der Waals surface area (Å²) >= 11 is 0. The molecule has 9 atom stereocenters. The minimum atomic E-state index is -0.587. The molecule has 0 N–H and O–H groups in total. The molecule has 41 heavy (non-hydrogen) atoms. The van der Waals surface area contributed by atoms with Crippen LogP contribution in [0.3, 0.4) is 0 Å². The van der Waals surface area contributed by atoms with E-state index in [2.05, 4.69) is 54.5 Å². The van der Waals surface area contributed by atoms with Crippen molar-refractivity contribution in [1.82, 2.24) is 0 Å². The summed E-state index contributed by atoms with van der Waals surface area (Å²) in [6.45, 7) is 20.5. The molecule has 5 aliphatic rings. The first-order valence-electron chi connectivity index (χ1n) is 16.3. The van der Waals surface area contributed by atoms with Crippen molar-refractivity contribution >= 4 is 17.9 Å². The van der Waals surface area contributed by atoms with Crippen molar-refractivity contribution in [2.45, 2.75) is 126 Å². The second kappa shape index (κ2) is 9.84. The minimum Gasteiger partial charge on any atom is -0.466 e. The Morgan fingerprint density at radius 1 is 0.854 bits per heavy atom. The number of esters is 1. The molecule has 0 aromatic carbocycles. The third kappa shape index (κ3) is 4.26. The molecule has 0 amide bonds. The molecular weight excluding hydrogens is 516 g/mol. The first-order valence-corrected chi connectivity index (χ1v) is 16.3. The quantitative estimate of drug-likeness (QED) is 0.318. The molecule has 0 radical (unpaired) electrons. The third-order valence-electron chi connectivity index (χ3n) is 13.8. The summed E-state index contributed by atoms with van der Waals surface area (Å²) in [4.78, 5) is 40.0. The Morgan fingerprint density at radius 2 is 1.51 bits per heavy atom. The van der Waals surface area contributed by atoms with Gasteiger partial charge in [0, 0.05) is 11.3 Å². The monoisotopic (exact) mass is 570 g/mol. The second-order valence-electron chi connectivity index (χ2n) is 16.1. The standard InChI is InChI=1S/C35H54O6/c1-10-39-28(37)32(6)17-16-31(5)18-19-34(8)22(23(31)21-32)20-24(36)27-33(7)14-13-26(41-29(38)40-11-2)30(3,4)25(33)12-15-35(27,34)9/h20,23,25-27H,10-19,21H2,1-9H3/t23-,25-,26?,27+,31+,32-,33-,34+,35+/m0/s1. The van der Waals surface area contributed by atoms with Gasteiger partial charge in [0.25, 0.3) is 0 Å². The molecule has 0 bridgehead atoms. The van der Waals surface area contributed by atoms with Gasteiger partial charge in [-0.05, 0) is 118 Å². The number of hydrogen-bond acceptors (Lipinski definition) is 6. The van der Waals surface area contributed by atoms with Crippen LogP contribution in [0.4, 0.5) is 4.79 Å². The van der Waals surface area contributed by atoms with E-state index in [9.17, 15) is 14.4 Å². The predicted octanol–water partition coefficient (Wildman–Crippen LogP) is 8.07. The summed E-state index contributed by atoms with van der Waals surface area (Å²) in [5.41, 5.74) is 0.202. The lowest BCUT2D eigenvalue weighted by molar-refractivity contribution is -0.204. The van der Waals surface area contributed by atoms with Gasteiger partial charge in [-0.3, -0.25) is 9.59 Å². The molecule has 1 unspecified atom stereocenters. The van der Waals surface area contributed by atoms with Gasteiger partial charge in [0.05, 0.1) is 18.6 Å². The van der Waals surface area contributed by atoms with Crippen molar-refractivity contribution in [3.8, 4) is 0 Å². The van der Waals surface area contributed by atoms with Crippen molar-refractivity contribution in [1.29, 1.82) is 0 Å². The molecule has 6 nitrogen and oxygen atoms in total. The SMILES string of the molecule is CCOC(=O)OC1CC[C@]2(C)[C@H]3C(=O)C=C4[C@@H]5C[C@@](C)(C(=O)OCC)CC[C@]5(C)CC[C@@]4(C)[C@]3(C)CC[C@H]2C1(C)C. The van der Waals surface area contributed by atoms with E-state index in [4.69, 9.17) is 14.2 Å². The number of hydrogen-bond donors (Lipinski definition) is 0. The number of carbonyl (C=O) groups excluding carboxylic acids is 3. The van der Waals surface area contributed by atoms with Crippen molar-refractivity contribution in [3.05, 3.63) is 11.6 Å². The van der Waals surface area contributed by atoms with Crippen LogP contribution in [0.2, 0.25) is 0 Å². The van der Waals surface area contributed by atoms with Crippen LogP contribution in [0.5, 0.6) is 0 Å². The van der Waals surface area contributed by atoms with Crippen LogP contribution >= 0.6 is 0 Å². The van der Waals surface area contributed by atoms with Gasteiger partial charge in [-0.1, -0.05) is 47.1 Å². The van der Waals surface area contributed by atoms with Gasteiger partial charge in [0.1, 0.15) is 6.10 Å². The Hall–Kier alpha value is -1.85. The van der Waals surface area contributed by atoms with Crippen molar-refractivity contribution < 1.29 is 28.6 Å². The van der Waals surface area contributed by atoms with Crippen LogP contribution < -0.4 is 0 Å². The van der Waals surface area contributed by atoms with E-state index < -0.39 is 11.6 Å². The maximum absolute atomic E-state index is 14.5. The van der Waals surface area contributed by atoms with Crippen LogP contribution in [-0.4, -0.2) is 37.2 Å². The van der Waals surface area contributed by atoms with Crippen LogP contribution in [0.15, 0.2) is 11.6 Å². The number of allylic oxidation sites excluding steroid dienone is 2. The molecule has 4 fully saturated rings.